The van der Waals surface area contributed by atoms with E-state index in [1.54, 1.807) is 6.92 Å². The SMILES string of the molecule is CCC(=O)Nc1cc([N+](=O)[O-])ccc1Br. The third-order valence-electron chi connectivity index (χ3n) is 1.76. The molecule has 0 aliphatic carbocycles. The van der Waals surface area contributed by atoms with Gasteiger partial charge in [0.2, 0.25) is 5.91 Å². The van der Waals surface area contributed by atoms with Crippen molar-refractivity contribution >= 4 is 33.2 Å². The molecule has 0 unspecified atom stereocenters. The first-order chi connectivity index (χ1) is 7.04. The van der Waals surface area contributed by atoms with Crippen molar-refractivity contribution in [2.75, 3.05) is 5.32 Å². The Morgan fingerprint density at radius 1 is 1.60 bits per heavy atom. The number of anilines is 1. The Labute approximate surface area is 94.8 Å². The van der Waals surface area contributed by atoms with Crippen LogP contribution < -0.4 is 5.32 Å². The van der Waals surface area contributed by atoms with Gasteiger partial charge in [0.05, 0.1) is 10.6 Å². The van der Waals surface area contributed by atoms with E-state index in [9.17, 15) is 14.9 Å². The minimum atomic E-state index is -0.506. The number of carbonyl (C=O) groups is 1. The molecule has 1 N–H and O–H groups in total. The molecule has 5 nitrogen and oxygen atoms in total. The molecule has 0 atom stereocenters. The highest BCUT2D eigenvalue weighted by molar-refractivity contribution is 9.10. The number of rotatable bonds is 3. The van der Waals surface area contributed by atoms with Crippen molar-refractivity contribution in [2.24, 2.45) is 0 Å². The molecule has 0 saturated carbocycles. The van der Waals surface area contributed by atoms with E-state index in [-0.39, 0.29) is 11.6 Å². The van der Waals surface area contributed by atoms with Crippen molar-refractivity contribution in [3.63, 3.8) is 0 Å². The summed E-state index contributed by atoms with van der Waals surface area (Å²) in [5, 5.41) is 13.1. The number of hydrogen-bond donors (Lipinski definition) is 1. The topological polar surface area (TPSA) is 72.2 Å². The second-order valence-corrected chi connectivity index (χ2v) is 3.68. The minimum Gasteiger partial charge on any atom is -0.325 e. The Bertz CT molecular complexity index is 406. The largest absolute Gasteiger partial charge is 0.325 e. The number of benzene rings is 1. The predicted octanol–water partition coefficient (Wildman–Crippen LogP) is 2.71. The van der Waals surface area contributed by atoms with E-state index in [0.717, 1.165) is 0 Å². The molecule has 1 rings (SSSR count). The number of non-ortho nitro benzene ring substituents is 1. The summed E-state index contributed by atoms with van der Waals surface area (Å²) in [5.74, 6) is -0.184. The van der Waals surface area contributed by atoms with Crippen molar-refractivity contribution in [1.82, 2.24) is 0 Å². The molecule has 15 heavy (non-hydrogen) atoms. The number of nitro benzene ring substituents is 1. The molecule has 80 valence electrons. The van der Waals surface area contributed by atoms with E-state index in [1.165, 1.54) is 18.2 Å². The van der Waals surface area contributed by atoms with Gasteiger partial charge < -0.3 is 5.32 Å². The lowest BCUT2D eigenvalue weighted by Crippen LogP contribution is -2.10. The normalized spacial score (nSPS) is 9.73. The third-order valence-corrected chi connectivity index (χ3v) is 2.45. The fourth-order valence-electron chi connectivity index (χ4n) is 0.961. The first-order valence-electron chi connectivity index (χ1n) is 4.28. The Morgan fingerprint density at radius 3 is 2.80 bits per heavy atom. The van der Waals surface area contributed by atoms with Crippen LogP contribution in [-0.4, -0.2) is 10.8 Å². The molecule has 0 aliphatic rings. The van der Waals surface area contributed by atoms with Gasteiger partial charge in [-0.2, -0.15) is 0 Å². The summed E-state index contributed by atoms with van der Waals surface area (Å²) in [6.07, 6.45) is 0.329. The lowest BCUT2D eigenvalue weighted by atomic mass is 10.2. The van der Waals surface area contributed by atoms with Crippen LogP contribution in [0, 0.1) is 10.1 Å². The van der Waals surface area contributed by atoms with E-state index >= 15 is 0 Å². The highest BCUT2D eigenvalue weighted by atomic mass is 79.9. The van der Waals surface area contributed by atoms with Gasteiger partial charge in [-0.25, -0.2) is 0 Å². The fraction of sp³-hybridized carbons (Fsp3) is 0.222. The maximum Gasteiger partial charge on any atom is 0.271 e. The van der Waals surface area contributed by atoms with Crippen LogP contribution >= 0.6 is 15.9 Å². The van der Waals surface area contributed by atoms with Crippen LogP contribution in [0.4, 0.5) is 11.4 Å². The first kappa shape index (κ1) is 11.6. The molecular weight excluding hydrogens is 264 g/mol. The van der Waals surface area contributed by atoms with E-state index in [0.29, 0.717) is 16.6 Å². The summed E-state index contributed by atoms with van der Waals surface area (Å²) >= 11 is 3.20. The van der Waals surface area contributed by atoms with Crippen LogP contribution in [0.5, 0.6) is 0 Å². The fourth-order valence-corrected chi connectivity index (χ4v) is 1.31. The highest BCUT2D eigenvalue weighted by Crippen LogP contribution is 2.27. The van der Waals surface area contributed by atoms with Crippen LogP contribution in [0.3, 0.4) is 0 Å². The van der Waals surface area contributed by atoms with Gasteiger partial charge in [0.15, 0.2) is 0 Å². The molecule has 0 bridgehead atoms. The Kier molecular flexibility index (Phi) is 3.79. The highest BCUT2D eigenvalue weighted by Gasteiger charge is 2.10. The summed E-state index contributed by atoms with van der Waals surface area (Å²) in [7, 11) is 0. The zero-order chi connectivity index (χ0) is 11.4. The van der Waals surface area contributed by atoms with Gasteiger partial charge >= 0.3 is 0 Å². The average molecular weight is 273 g/mol. The van der Waals surface area contributed by atoms with Crippen LogP contribution in [0.15, 0.2) is 22.7 Å². The number of nitrogens with one attached hydrogen (secondary N) is 1. The van der Waals surface area contributed by atoms with Crippen molar-refractivity contribution < 1.29 is 9.72 Å². The Hall–Kier alpha value is -1.43. The Morgan fingerprint density at radius 2 is 2.27 bits per heavy atom. The predicted molar refractivity (Wildman–Crippen MR) is 59.7 cm³/mol. The molecule has 1 aromatic carbocycles. The van der Waals surface area contributed by atoms with E-state index in [1.807, 2.05) is 0 Å². The number of halogens is 1. The number of carbonyl (C=O) groups excluding carboxylic acids is 1. The minimum absolute atomic E-state index is 0.0513. The number of nitrogens with zero attached hydrogens (tertiary/aromatic N) is 1. The number of hydrogen-bond acceptors (Lipinski definition) is 3. The zero-order valence-electron chi connectivity index (χ0n) is 7.99. The van der Waals surface area contributed by atoms with Crippen LogP contribution in [0.25, 0.3) is 0 Å². The van der Waals surface area contributed by atoms with E-state index < -0.39 is 4.92 Å². The quantitative estimate of drug-likeness (QED) is 0.679. The van der Waals surface area contributed by atoms with Gasteiger partial charge in [0.25, 0.3) is 5.69 Å². The molecule has 6 heteroatoms. The summed E-state index contributed by atoms with van der Waals surface area (Å²) < 4.78 is 0.620. The van der Waals surface area contributed by atoms with Gasteiger partial charge in [-0.1, -0.05) is 6.92 Å². The molecule has 1 amide bonds. The molecule has 0 saturated heterocycles. The lowest BCUT2D eigenvalue weighted by Gasteiger charge is -2.05. The summed E-state index contributed by atoms with van der Waals surface area (Å²) in [5.41, 5.74) is 0.362. The van der Waals surface area contributed by atoms with Crippen molar-refractivity contribution in [1.29, 1.82) is 0 Å². The second-order valence-electron chi connectivity index (χ2n) is 2.82. The molecule has 0 spiro atoms. The molecule has 0 aliphatic heterocycles. The maximum atomic E-state index is 11.1. The average Bonchev–Trinajstić information content (AvgIpc) is 2.20. The molecular formula is C9H9BrN2O3. The summed E-state index contributed by atoms with van der Waals surface area (Å²) in [4.78, 5) is 21.1. The summed E-state index contributed by atoms with van der Waals surface area (Å²) in [6.45, 7) is 1.71. The molecule has 0 heterocycles. The smallest absolute Gasteiger partial charge is 0.271 e. The van der Waals surface area contributed by atoms with Crippen molar-refractivity contribution in [3.05, 3.63) is 32.8 Å². The van der Waals surface area contributed by atoms with E-state index in [2.05, 4.69) is 21.2 Å². The maximum absolute atomic E-state index is 11.1. The van der Waals surface area contributed by atoms with Gasteiger partial charge in [0, 0.05) is 23.0 Å². The van der Waals surface area contributed by atoms with Crippen molar-refractivity contribution in [3.8, 4) is 0 Å². The van der Waals surface area contributed by atoms with Gasteiger partial charge in [-0.3, -0.25) is 14.9 Å². The van der Waals surface area contributed by atoms with Gasteiger partial charge in [-0.05, 0) is 22.0 Å². The third kappa shape index (κ3) is 3.02. The first-order valence-corrected chi connectivity index (χ1v) is 5.07. The van der Waals surface area contributed by atoms with Gasteiger partial charge in [-0.15, -0.1) is 0 Å². The summed E-state index contributed by atoms with van der Waals surface area (Å²) in [6, 6.07) is 4.22. The number of nitro groups is 1. The monoisotopic (exact) mass is 272 g/mol. The second kappa shape index (κ2) is 4.88. The van der Waals surface area contributed by atoms with E-state index in [4.69, 9.17) is 0 Å². The van der Waals surface area contributed by atoms with Crippen LogP contribution in [0.1, 0.15) is 13.3 Å². The van der Waals surface area contributed by atoms with Crippen molar-refractivity contribution in [2.45, 2.75) is 13.3 Å². The molecule has 0 aromatic heterocycles. The lowest BCUT2D eigenvalue weighted by molar-refractivity contribution is -0.384. The zero-order valence-corrected chi connectivity index (χ0v) is 9.58. The standard InChI is InChI=1S/C9H9BrN2O3/c1-2-9(13)11-8-5-6(12(14)15)3-4-7(8)10/h3-5H,2H2,1H3,(H,11,13). The van der Waals surface area contributed by atoms with Gasteiger partial charge in [0.1, 0.15) is 0 Å². The molecule has 0 fully saturated rings. The molecule has 1 aromatic rings. The van der Waals surface area contributed by atoms with Crippen LogP contribution in [-0.2, 0) is 4.79 Å². The number of amides is 1. The molecule has 0 radical (unpaired) electrons. The van der Waals surface area contributed by atoms with Crippen LogP contribution in [0.2, 0.25) is 0 Å². The Balaban J connectivity index is 3.00.